The molecule has 0 spiro atoms. The number of nitrogens with zero attached hydrogens (tertiary/aromatic N) is 1. The van der Waals surface area contributed by atoms with E-state index in [-0.39, 0.29) is 30.2 Å². The highest BCUT2D eigenvalue weighted by molar-refractivity contribution is 6.01. The van der Waals surface area contributed by atoms with Crippen LogP contribution < -0.4 is 10.1 Å². The van der Waals surface area contributed by atoms with Crippen LogP contribution in [0.1, 0.15) is 51.5 Å². The average molecular weight is 373 g/mol. The monoisotopic (exact) mass is 373 g/mol. The molecule has 2 N–H and O–H groups in total. The number of ketones is 1. The highest BCUT2D eigenvalue weighted by Gasteiger charge is 2.24. The summed E-state index contributed by atoms with van der Waals surface area (Å²) in [6, 6.07) is 3.57. The number of nitrogens with one attached hydrogen (secondary N) is 2. The topological polar surface area (TPSA) is 110 Å². The number of Topliss-reactive ketones (excluding diaryl/α,β-unsaturated/α-hetero) is 1. The Bertz CT molecular complexity index is 857. The summed E-state index contributed by atoms with van der Waals surface area (Å²) < 4.78 is 10.2. The van der Waals surface area contributed by atoms with Crippen LogP contribution in [0.4, 0.5) is 0 Å². The summed E-state index contributed by atoms with van der Waals surface area (Å²) in [5.41, 5.74) is 2.08. The highest BCUT2D eigenvalue weighted by atomic mass is 16.5. The SMILES string of the molecule is CCOc1ncccc1CNC(=O)Cc1[nH]c(C(C)=O)c(C)c1C(=O)OC. The molecule has 27 heavy (non-hydrogen) atoms. The largest absolute Gasteiger partial charge is 0.478 e. The Hall–Kier alpha value is -3.16. The van der Waals surface area contributed by atoms with E-state index in [1.165, 1.54) is 14.0 Å². The molecular formula is C19H23N3O5. The van der Waals surface area contributed by atoms with E-state index in [0.717, 1.165) is 5.56 Å². The van der Waals surface area contributed by atoms with Gasteiger partial charge >= 0.3 is 5.97 Å². The molecule has 2 heterocycles. The average Bonchev–Trinajstić information content (AvgIpc) is 2.97. The summed E-state index contributed by atoms with van der Waals surface area (Å²) in [6.45, 7) is 5.59. The van der Waals surface area contributed by atoms with Crippen LogP contribution in [0, 0.1) is 6.92 Å². The van der Waals surface area contributed by atoms with Gasteiger partial charge in [-0.3, -0.25) is 9.59 Å². The lowest BCUT2D eigenvalue weighted by molar-refractivity contribution is -0.120. The Kier molecular flexibility index (Phi) is 6.70. The van der Waals surface area contributed by atoms with E-state index in [2.05, 4.69) is 15.3 Å². The number of pyridine rings is 1. The molecule has 0 radical (unpaired) electrons. The van der Waals surface area contributed by atoms with Crippen LogP contribution in [0.25, 0.3) is 0 Å². The van der Waals surface area contributed by atoms with Crippen LogP contribution in [-0.4, -0.2) is 41.3 Å². The standard InChI is InChI=1S/C19H23N3O5/c1-5-27-18-13(7-6-8-20-18)10-21-15(24)9-14-16(19(25)26-4)11(2)17(22-14)12(3)23/h6-8,22H,5,9-10H2,1-4H3,(H,21,24). The summed E-state index contributed by atoms with van der Waals surface area (Å²) in [5.74, 6) is -0.668. The van der Waals surface area contributed by atoms with E-state index in [1.807, 2.05) is 13.0 Å². The van der Waals surface area contributed by atoms with Gasteiger partial charge in [0.1, 0.15) is 0 Å². The number of amides is 1. The van der Waals surface area contributed by atoms with E-state index in [0.29, 0.717) is 29.4 Å². The minimum atomic E-state index is -0.593. The molecular weight excluding hydrogens is 350 g/mol. The van der Waals surface area contributed by atoms with E-state index < -0.39 is 5.97 Å². The van der Waals surface area contributed by atoms with Gasteiger partial charge in [0.15, 0.2) is 5.78 Å². The van der Waals surface area contributed by atoms with Gasteiger partial charge in [-0.1, -0.05) is 6.07 Å². The Morgan fingerprint density at radius 1 is 1.30 bits per heavy atom. The molecule has 8 heteroatoms. The number of ether oxygens (including phenoxy) is 2. The lowest BCUT2D eigenvalue weighted by atomic mass is 10.1. The molecule has 0 unspecified atom stereocenters. The van der Waals surface area contributed by atoms with Crippen molar-refractivity contribution >= 4 is 17.7 Å². The zero-order chi connectivity index (χ0) is 20.0. The molecule has 144 valence electrons. The van der Waals surface area contributed by atoms with Gasteiger partial charge < -0.3 is 19.8 Å². The quantitative estimate of drug-likeness (QED) is 0.541. The van der Waals surface area contributed by atoms with Crippen molar-refractivity contribution in [2.75, 3.05) is 13.7 Å². The Morgan fingerprint density at radius 3 is 2.67 bits per heavy atom. The van der Waals surface area contributed by atoms with Crippen LogP contribution in [-0.2, 0) is 22.5 Å². The molecule has 0 bridgehead atoms. The molecule has 2 aromatic heterocycles. The minimum Gasteiger partial charge on any atom is -0.478 e. The molecule has 0 aliphatic carbocycles. The molecule has 0 atom stereocenters. The molecule has 0 saturated carbocycles. The van der Waals surface area contributed by atoms with Crippen molar-refractivity contribution in [3.8, 4) is 5.88 Å². The third kappa shape index (κ3) is 4.72. The van der Waals surface area contributed by atoms with Crippen molar-refractivity contribution in [3.63, 3.8) is 0 Å². The maximum atomic E-state index is 12.4. The number of methoxy groups -OCH3 is 1. The summed E-state index contributed by atoms with van der Waals surface area (Å²) in [5, 5.41) is 2.77. The molecule has 0 aliphatic rings. The first kappa shape index (κ1) is 20.2. The third-order valence-electron chi connectivity index (χ3n) is 4.01. The molecule has 2 aromatic rings. The smallest absolute Gasteiger partial charge is 0.339 e. The lowest BCUT2D eigenvalue weighted by Crippen LogP contribution is -2.26. The fraction of sp³-hybridized carbons (Fsp3) is 0.368. The summed E-state index contributed by atoms with van der Waals surface area (Å²) in [7, 11) is 1.25. The Balaban J connectivity index is 2.15. The van der Waals surface area contributed by atoms with Crippen LogP contribution in [0.3, 0.4) is 0 Å². The second kappa shape index (κ2) is 8.98. The first-order valence-electron chi connectivity index (χ1n) is 8.53. The van der Waals surface area contributed by atoms with Crippen molar-refractivity contribution in [1.82, 2.24) is 15.3 Å². The molecule has 2 rings (SSSR count). The molecule has 0 fully saturated rings. The third-order valence-corrected chi connectivity index (χ3v) is 4.01. The van der Waals surface area contributed by atoms with Gasteiger partial charge in [-0.05, 0) is 25.5 Å². The van der Waals surface area contributed by atoms with Gasteiger partial charge in [-0.15, -0.1) is 0 Å². The van der Waals surface area contributed by atoms with E-state index in [1.54, 1.807) is 19.2 Å². The fourth-order valence-electron chi connectivity index (χ4n) is 2.76. The first-order valence-corrected chi connectivity index (χ1v) is 8.53. The predicted molar refractivity (Wildman–Crippen MR) is 97.8 cm³/mol. The van der Waals surface area contributed by atoms with Gasteiger partial charge in [0.25, 0.3) is 0 Å². The number of hydrogen-bond donors (Lipinski definition) is 2. The number of aromatic nitrogens is 2. The highest BCUT2D eigenvalue weighted by Crippen LogP contribution is 2.21. The summed E-state index contributed by atoms with van der Waals surface area (Å²) in [6.07, 6.45) is 1.52. The normalized spacial score (nSPS) is 10.4. The molecule has 8 nitrogen and oxygen atoms in total. The second-order valence-corrected chi connectivity index (χ2v) is 5.88. The molecule has 0 aromatic carbocycles. The van der Waals surface area contributed by atoms with Crippen LogP contribution in [0.2, 0.25) is 0 Å². The first-order chi connectivity index (χ1) is 12.9. The van der Waals surface area contributed by atoms with E-state index >= 15 is 0 Å². The summed E-state index contributed by atoms with van der Waals surface area (Å²) in [4.78, 5) is 43.2. The zero-order valence-corrected chi connectivity index (χ0v) is 15.8. The summed E-state index contributed by atoms with van der Waals surface area (Å²) >= 11 is 0. The van der Waals surface area contributed by atoms with Crippen molar-refractivity contribution in [3.05, 3.63) is 46.4 Å². The minimum absolute atomic E-state index is 0.0945. The number of carbonyl (C=O) groups is 3. The number of rotatable bonds is 8. The number of esters is 1. The van der Waals surface area contributed by atoms with Crippen molar-refractivity contribution in [1.29, 1.82) is 0 Å². The second-order valence-electron chi connectivity index (χ2n) is 5.88. The van der Waals surface area contributed by atoms with E-state index in [9.17, 15) is 14.4 Å². The number of H-pyrrole nitrogens is 1. The fourth-order valence-corrected chi connectivity index (χ4v) is 2.76. The lowest BCUT2D eigenvalue weighted by Gasteiger charge is -2.10. The van der Waals surface area contributed by atoms with Crippen molar-refractivity contribution in [2.45, 2.75) is 33.7 Å². The van der Waals surface area contributed by atoms with Gasteiger partial charge in [0.05, 0.1) is 31.4 Å². The van der Waals surface area contributed by atoms with Crippen LogP contribution in [0.5, 0.6) is 5.88 Å². The molecule has 0 saturated heterocycles. The van der Waals surface area contributed by atoms with Gasteiger partial charge in [-0.25, -0.2) is 9.78 Å². The van der Waals surface area contributed by atoms with Crippen molar-refractivity contribution in [2.24, 2.45) is 0 Å². The molecule has 1 amide bonds. The number of aromatic amines is 1. The van der Waals surface area contributed by atoms with E-state index in [4.69, 9.17) is 9.47 Å². The van der Waals surface area contributed by atoms with Crippen molar-refractivity contribution < 1.29 is 23.9 Å². The van der Waals surface area contributed by atoms with Crippen LogP contribution >= 0.6 is 0 Å². The van der Waals surface area contributed by atoms with Gasteiger partial charge in [0, 0.05) is 30.9 Å². The Labute approximate surface area is 157 Å². The van der Waals surface area contributed by atoms with Crippen LogP contribution in [0.15, 0.2) is 18.3 Å². The predicted octanol–water partition coefficient (Wildman–Crippen LogP) is 1.96. The number of hydrogen-bond acceptors (Lipinski definition) is 6. The molecule has 0 aliphatic heterocycles. The maximum Gasteiger partial charge on any atom is 0.339 e. The zero-order valence-electron chi connectivity index (χ0n) is 15.8. The maximum absolute atomic E-state index is 12.4. The van der Waals surface area contributed by atoms with Gasteiger partial charge in [-0.2, -0.15) is 0 Å². The van der Waals surface area contributed by atoms with Gasteiger partial charge in [0.2, 0.25) is 11.8 Å². The number of carbonyl (C=O) groups excluding carboxylic acids is 3. The Morgan fingerprint density at radius 2 is 2.04 bits per heavy atom.